The van der Waals surface area contributed by atoms with Gasteiger partial charge in [-0.1, -0.05) is 30.4 Å². The van der Waals surface area contributed by atoms with Gasteiger partial charge >= 0.3 is 0 Å². The van der Waals surface area contributed by atoms with Gasteiger partial charge in [0.25, 0.3) is 0 Å². The molecule has 7 nitrogen and oxygen atoms in total. The number of rotatable bonds is 8. The summed E-state index contributed by atoms with van der Waals surface area (Å²) >= 11 is 6.98. The van der Waals surface area contributed by atoms with Crippen molar-refractivity contribution >= 4 is 62.3 Å². The highest BCUT2D eigenvalue weighted by molar-refractivity contribution is 7.80. The molecule has 1 aliphatic rings. The summed E-state index contributed by atoms with van der Waals surface area (Å²) in [5, 5.41) is 5.95. The number of anilines is 2. The lowest BCUT2D eigenvalue weighted by molar-refractivity contribution is -0.118. The standard InChI is InChI=1S/C30H21FN4O3S2/c31-21-14-20(35-29(39)30(11-12-30)28(37)34-19-4-2-1-3-5-19)7-9-24(21)38-25-10-13-32-23-15-26(40-27(23)25)22-8-6-18(17-36)16-33-22/h1-10,13-17H,11-12H2,(H,34,37)(H,35,39). The van der Waals surface area contributed by atoms with Crippen LogP contribution >= 0.6 is 23.6 Å². The van der Waals surface area contributed by atoms with Gasteiger partial charge in [-0.2, -0.15) is 0 Å². The summed E-state index contributed by atoms with van der Waals surface area (Å²) in [6.07, 6.45) is 5.09. The Morgan fingerprint density at radius 2 is 1.80 bits per heavy atom. The number of fused-ring (bicyclic) bond motifs is 1. The maximum atomic E-state index is 15.1. The van der Waals surface area contributed by atoms with Crippen LogP contribution in [0.2, 0.25) is 0 Å². The van der Waals surface area contributed by atoms with Crippen LogP contribution in [-0.4, -0.2) is 27.1 Å². The number of para-hydroxylation sites is 1. The second-order valence-corrected chi connectivity index (χ2v) is 10.8. The van der Waals surface area contributed by atoms with Crippen molar-refractivity contribution in [1.29, 1.82) is 0 Å². The minimum Gasteiger partial charge on any atom is -0.453 e. The quantitative estimate of drug-likeness (QED) is 0.150. The third-order valence-corrected chi connectivity index (χ3v) is 8.27. The molecule has 1 amide bonds. The summed E-state index contributed by atoms with van der Waals surface area (Å²) in [5.41, 5.74) is 2.19. The Morgan fingerprint density at radius 1 is 0.975 bits per heavy atom. The summed E-state index contributed by atoms with van der Waals surface area (Å²) < 4.78 is 21.8. The summed E-state index contributed by atoms with van der Waals surface area (Å²) in [7, 11) is 0. The molecule has 10 heteroatoms. The van der Waals surface area contributed by atoms with Gasteiger partial charge < -0.3 is 15.4 Å². The van der Waals surface area contributed by atoms with Crippen molar-refractivity contribution in [2.24, 2.45) is 5.41 Å². The zero-order valence-corrected chi connectivity index (χ0v) is 22.5. The van der Waals surface area contributed by atoms with Crippen LogP contribution in [0.25, 0.3) is 20.8 Å². The maximum absolute atomic E-state index is 15.1. The fourth-order valence-electron chi connectivity index (χ4n) is 4.23. The van der Waals surface area contributed by atoms with Gasteiger partial charge in [-0.25, -0.2) is 4.39 Å². The van der Waals surface area contributed by atoms with E-state index in [1.54, 1.807) is 30.5 Å². The maximum Gasteiger partial charge on any atom is 0.237 e. The predicted molar refractivity (Wildman–Crippen MR) is 158 cm³/mol. The summed E-state index contributed by atoms with van der Waals surface area (Å²) in [6.45, 7) is 0. The Bertz CT molecular complexity index is 1750. The molecule has 0 radical (unpaired) electrons. The van der Waals surface area contributed by atoms with Crippen molar-refractivity contribution in [2.75, 3.05) is 10.6 Å². The Hall–Kier alpha value is -4.54. The topological polar surface area (TPSA) is 93.2 Å². The number of carbonyl (C=O) groups excluding carboxylic acids is 2. The van der Waals surface area contributed by atoms with E-state index in [2.05, 4.69) is 20.6 Å². The van der Waals surface area contributed by atoms with Gasteiger partial charge in [0, 0.05) is 41.5 Å². The lowest BCUT2D eigenvalue weighted by Gasteiger charge is -2.18. The van der Waals surface area contributed by atoms with Gasteiger partial charge in [0.2, 0.25) is 5.91 Å². The smallest absolute Gasteiger partial charge is 0.237 e. The van der Waals surface area contributed by atoms with E-state index in [0.29, 0.717) is 51.7 Å². The van der Waals surface area contributed by atoms with E-state index in [9.17, 15) is 9.59 Å². The molecule has 0 atom stereocenters. The van der Waals surface area contributed by atoms with Crippen molar-refractivity contribution < 1.29 is 18.7 Å². The molecule has 1 aliphatic carbocycles. The van der Waals surface area contributed by atoms with Gasteiger partial charge in [-0.15, -0.1) is 11.3 Å². The molecule has 3 heterocycles. The second kappa shape index (κ2) is 10.6. The number of nitrogens with one attached hydrogen (secondary N) is 2. The summed E-state index contributed by atoms with van der Waals surface area (Å²) in [4.78, 5) is 33.8. The van der Waals surface area contributed by atoms with Gasteiger partial charge in [0.1, 0.15) is 5.75 Å². The Morgan fingerprint density at radius 3 is 2.50 bits per heavy atom. The number of aromatic nitrogens is 2. The molecule has 198 valence electrons. The van der Waals surface area contributed by atoms with E-state index < -0.39 is 11.2 Å². The van der Waals surface area contributed by atoms with E-state index >= 15 is 4.39 Å². The molecule has 40 heavy (non-hydrogen) atoms. The Balaban J connectivity index is 1.17. The fraction of sp³-hybridized carbons (Fsp3) is 0.100. The minimum absolute atomic E-state index is 0.0373. The number of aldehydes is 1. The van der Waals surface area contributed by atoms with E-state index in [1.165, 1.54) is 29.7 Å². The van der Waals surface area contributed by atoms with Crippen LogP contribution in [-0.2, 0) is 4.79 Å². The summed E-state index contributed by atoms with van der Waals surface area (Å²) in [6, 6.07) is 20.7. The monoisotopic (exact) mass is 568 g/mol. The largest absolute Gasteiger partial charge is 0.453 e. The van der Waals surface area contributed by atoms with E-state index in [4.69, 9.17) is 17.0 Å². The zero-order chi connectivity index (χ0) is 27.7. The molecule has 1 fully saturated rings. The average molecular weight is 569 g/mol. The van der Waals surface area contributed by atoms with Gasteiger partial charge in [-0.3, -0.25) is 19.6 Å². The Kier molecular flexibility index (Phi) is 6.79. The lowest BCUT2D eigenvalue weighted by atomic mass is 10.1. The second-order valence-electron chi connectivity index (χ2n) is 9.33. The van der Waals surface area contributed by atoms with Crippen molar-refractivity contribution in [2.45, 2.75) is 12.8 Å². The van der Waals surface area contributed by atoms with Crippen molar-refractivity contribution in [3.63, 3.8) is 0 Å². The first-order valence-corrected chi connectivity index (χ1v) is 13.6. The molecule has 3 aromatic heterocycles. The number of pyridine rings is 2. The third-order valence-electron chi connectivity index (χ3n) is 6.61. The van der Waals surface area contributed by atoms with E-state index in [0.717, 1.165) is 15.9 Å². The summed E-state index contributed by atoms with van der Waals surface area (Å²) in [5.74, 6) is -0.270. The van der Waals surface area contributed by atoms with Crippen molar-refractivity contribution in [1.82, 2.24) is 9.97 Å². The Labute approximate surface area is 238 Å². The average Bonchev–Trinajstić information content (AvgIpc) is 3.68. The normalized spacial score (nSPS) is 13.4. The van der Waals surface area contributed by atoms with Crippen LogP contribution in [0.1, 0.15) is 23.2 Å². The van der Waals surface area contributed by atoms with Crippen molar-refractivity contribution in [3.05, 3.63) is 96.6 Å². The number of thiocarbonyl (C=S) groups is 1. The molecule has 0 spiro atoms. The first-order chi connectivity index (χ1) is 19.4. The first kappa shape index (κ1) is 25.7. The zero-order valence-electron chi connectivity index (χ0n) is 20.9. The SMILES string of the molecule is O=Cc1ccc(-c2cc3nccc(Oc4ccc(NC(=S)C5(C(=O)Nc6ccccc6)CC5)cc4F)c3s2)nc1. The molecule has 2 N–H and O–H groups in total. The number of thiophene rings is 1. The van der Waals surface area contributed by atoms with Gasteiger partial charge in [0.05, 0.1) is 31.2 Å². The molecular formula is C30H21FN4O3S2. The molecule has 6 rings (SSSR count). The number of hydrogen-bond donors (Lipinski definition) is 2. The van der Waals surface area contributed by atoms with Crippen LogP contribution < -0.4 is 15.4 Å². The highest BCUT2D eigenvalue weighted by atomic mass is 32.1. The number of ether oxygens (including phenoxy) is 1. The van der Waals surface area contributed by atoms with Crippen LogP contribution in [0.5, 0.6) is 11.5 Å². The predicted octanol–water partition coefficient (Wildman–Crippen LogP) is 7.26. The molecule has 5 aromatic rings. The minimum atomic E-state index is -0.807. The van der Waals surface area contributed by atoms with Crippen molar-refractivity contribution in [3.8, 4) is 22.1 Å². The lowest BCUT2D eigenvalue weighted by Crippen LogP contribution is -2.34. The fourth-order valence-corrected chi connectivity index (χ4v) is 5.68. The first-order valence-electron chi connectivity index (χ1n) is 12.4. The van der Waals surface area contributed by atoms with E-state index in [-0.39, 0.29) is 11.7 Å². The number of benzene rings is 2. The van der Waals surface area contributed by atoms with Gasteiger partial charge in [-0.05, 0) is 55.3 Å². The third kappa shape index (κ3) is 5.06. The molecule has 0 saturated heterocycles. The number of amides is 1. The molecule has 1 saturated carbocycles. The highest BCUT2D eigenvalue weighted by Crippen LogP contribution is 2.48. The molecule has 0 aliphatic heterocycles. The van der Waals surface area contributed by atoms with Crippen LogP contribution in [0.15, 0.2) is 85.2 Å². The van der Waals surface area contributed by atoms with Gasteiger partial charge in [0.15, 0.2) is 17.9 Å². The molecular weight excluding hydrogens is 547 g/mol. The number of nitrogens with zero attached hydrogens (tertiary/aromatic N) is 2. The van der Waals surface area contributed by atoms with Crippen LogP contribution in [0.4, 0.5) is 15.8 Å². The molecule has 0 bridgehead atoms. The highest BCUT2D eigenvalue weighted by Gasteiger charge is 2.53. The molecule has 0 unspecified atom stereocenters. The molecule has 2 aromatic carbocycles. The number of halogens is 1. The number of carbonyl (C=O) groups is 2. The van der Waals surface area contributed by atoms with Crippen LogP contribution in [0.3, 0.4) is 0 Å². The van der Waals surface area contributed by atoms with Crippen LogP contribution in [0, 0.1) is 11.2 Å². The number of hydrogen-bond acceptors (Lipinski definition) is 7. The van der Waals surface area contributed by atoms with E-state index in [1.807, 2.05) is 36.4 Å².